The number of carbonyl (C=O) groups is 3. The van der Waals surface area contributed by atoms with Crippen LogP contribution in [0.1, 0.15) is 25.8 Å². The number of aryl methyl sites for hydroxylation is 1. The lowest BCUT2D eigenvalue weighted by Gasteiger charge is -2.31. The highest BCUT2D eigenvalue weighted by Crippen LogP contribution is 2.27. The molecule has 1 N–H and O–H groups in total. The van der Waals surface area contributed by atoms with Crippen LogP contribution < -0.4 is 4.90 Å². The Morgan fingerprint density at radius 1 is 1.26 bits per heavy atom. The first-order valence-corrected chi connectivity index (χ1v) is 7.76. The highest BCUT2D eigenvalue weighted by atomic mass is 16.4. The van der Waals surface area contributed by atoms with E-state index in [1.165, 1.54) is 9.80 Å². The number of hydrogen-bond donors (Lipinski definition) is 1. The number of carboxylic acid groups (broad SMARTS) is 1. The van der Waals surface area contributed by atoms with Crippen LogP contribution in [0.25, 0.3) is 0 Å². The van der Waals surface area contributed by atoms with Crippen LogP contribution in [-0.2, 0) is 20.8 Å². The van der Waals surface area contributed by atoms with Gasteiger partial charge in [0.15, 0.2) is 0 Å². The molecule has 0 aliphatic carbocycles. The molecule has 1 aromatic rings. The van der Waals surface area contributed by atoms with Gasteiger partial charge in [0, 0.05) is 18.7 Å². The third-order valence-corrected chi connectivity index (χ3v) is 3.75. The van der Waals surface area contributed by atoms with Crippen molar-refractivity contribution in [1.82, 2.24) is 4.90 Å². The van der Waals surface area contributed by atoms with E-state index < -0.39 is 5.97 Å². The number of anilines is 1. The van der Waals surface area contributed by atoms with E-state index in [1.807, 2.05) is 38.1 Å². The maximum absolute atomic E-state index is 12.5. The maximum atomic E-state index is 12.5. The van der Waals surface area contributed by atoms with Gasteiger partial charge in [-0.25, -0.2) is 0 Å². The number of amides is 2. The molecular formula is C17H22N2O4. The highest BCUT2D eigenvalue weighted by Gasteiger charge is 2.28. The molecule has 0 spiro atoms. The van der Waals surface area contributed by atoms with Gasteiger partial charge in [-0.3, -0.25) is 14.4 Å². The van der Waals surface area contributed by atoms with Gasteiger partial charge in [0.25, 0.3) is 0 Å². The van der Waals surface area contributed by atoms with Crippen molar-refractivity contribution in [3.05, 3.63) is 29.8 Å². The second-order valence-electron chi connectivity index (χ2n) is 6.17. The fraction of sp³-hybridized carbons (Fsp3) is 0.471. The molecule has 2 rings (SSSR count). The highest BCUT2D eigenvalue weighted by molar-refractivity contribution is 6.01. The van der Waals surface area contributed by atoms with Gasteiger partial charge in [0.05, 0.1) is 0 Å². The van der Waals surface area contributed by atoms with Crippen molar-refractivity contribution in [3.63, 3.8) is 0 Å². The smallest absolute Gasteiger partial charge is 0.323 e. The number of carboxylic acids is 1. The van der Waals surface area contributed by atoms with Crippen LogP contribution in [0.5, 0.6) is 0 Å². The van der Waals surface area contributed by atoms with Crippen LogP contribution in [0, 0.1) is 5.92 Å². The number of para-hydroxylation sites is 1. The molecular weight excluding hydrogens is 296 g/mol. The van der Waals surface area contributed by atoms with E-state index >= 15 is 0 Å². The van der Waals surface area contributed by atoms with Gasteiger partial charge in [-0.15, -0.1) is 0 Å². The Kier molecular flexibility index (Phi) is 5.36. The van der Waals surface area contributed by atoms with Gasteiger partial charge in [-0.05, 0) is 24.0 Å². The Labute approximate surface area is 135 Å². The summed E-state index contributed by atoms with van der Waals surface area (Å²) in [5.74, 6) is -1.34. The second kappa shape index (κ2) is 7.26. The van der Waals surface area contributed by atoms with Crippen molar-refractivity contribution < 1.29 is 19.5 Å². The van der Waals surface area contributed by atoms with Crippen molar-refractivity contribution in [2.45, 2.75) is 26.7 Å². The van der Waals surface area contributed by atoms with Crippen LogP contribution in [0.15, 0.2) is 24.3 Å². The Morgan fingerprint density at radius 2 is 1.96 bits per heavy atom. The van der Waals surface area contributed by atoms with E-state index in [0.717, 1.165) is 11.3 Å². The summed E-state index contributed by atoms with van der Waals surface area (Å²) in [5, 5.41) is 8.99. The van der Waals surface area contributed by atoms with Crippen molar-refractivity contribution in [2.24, 2.45) is 5.92 Å². The summed E-state index contributed by atoms with van der Waals surface area (Å²) in [7, 11) is 0. The third-order valence-electron chi connectivity index (χ3n) is 3.75. The molecule has 0 saturated carbocycles. The minimum Gasteiger partial charge on any atom is -0.480 e. The molecule has 2 amide bonds. The fourth-order valence-electron chi connectivity index (χ4n) is 2.76. The minimum atomic E-state index is -1.05. The number of aliphatic carboxylic acids is 1. The maximum Gasteiger partial charge on any atom is 0.323 e. The summed E-state index contributed by atoms with van der Waals surface area (Å²) in [5.41, 5.74) is 1.78. The second-order valence-corrected chi connectivity index (χ2v) is 6.17. The number of nitrogens with zero attached hydrogens (tertiary/aromatic N) is 2. The monoisotopic (exact) mass is 318 g/mol. The summed E-state index contributed by atoms with van der Waals surface area (Å²) in [6, 6.07) is 7.51. The Bertz CT molecular complexity index is 612. The summed E-state index contributed by atoms with van der Waals surface area (Å²) < 4.78 is 0. The van der Waals surface area contributed by atoms with Crippen LogP contribution in [-0.4, -0.2) is 47.4 Å². The molecule has 23 heavy (non-hydrogen) atoms. The molecule has 1 aliphatic rings. The largest absolute Gasteiger partial charge is 0.480 e. The first-order valence-electron chi connectivity index (χ1n) is 7.76. The number of rotatable bonds is 6. The number of carbonyl (C=O) groups excluding carboxylic acids is 2. The zero-order valence-corrected chi connectivity index (χ0v) is 13.5. The van der Waals surface area contributed by atoms with Crippen LogP contribution in [0.4, 0.5) is 5.69 Å². The molecule has 124 valence electrons. The molecule has 0 unspecified atom stereocenters. The molecule has 1 heterocycles. The minimum absolute atomic E-state index is 0.100. The SMILES string of the molecule is CC(C)CN(CC(=O)O)C(=O)CN1C(=O)CCc2ccccc21. The van der Waals surface area contributed by atoms with E-state index in [1.54, 1.807) is 0 Å². The number of hydrogen-bond acceptors (Lipinski definition) is 3. The van der Waals surface area contributed by atoms with Gasteiger partial charge in [-0.2, -0.15) is 0 Å². The lowest BCUT2D eigenvalue weighted by Crippen LogP contribution is -2.47. The zero-order valence-electron chi connectivity index (χ0n) is 13.5. The lowest BCUT2D eigenvalue weighted by molar-refractivity contribution is -0.144. The molecule has 0 saturated heterocycles. The van der Waals surface area contributed by atoms with Gasteiger partial charge in [0.1, 0.15) is 13.1 Å². The van der Waals surface area contributed by atoms with E-state index in [0.29, 0.717) is 19.4 Å². The number of fused-ring (bicyclic) bond motifs is 1. The topological polar surface area (TPSA) is 77.9 Å². The molecule has 0 bridgehead atoms. The van der Waals surface area contributed by atoms with E-state index in [2.05, 4.69) is 0 Å². The summed E-state index contributed by atoms with van der Waals surface area (Å²) in [6.07, 6.45) is 1.04. The quantitative estimate of drug-likeness (QED) is 0.863. The predicted molar refractivity (Wildman–Crippen MR) is 86.2 cm³/mol. The summed E-state index contributed by atoms with van der Waals surface area (Å²) in [6.45, 7) is 3.73. The normalized spacial score (nSPS) is 13.9. The average molecular weight is 318 g/mol. The van der Waals surface area contributed by atoms with Crippen molar-refractivity contribution in [3.8, 4) is 0 Å². The van der Waals surface area contributed by atoms with Gasteiger partial charge in [0.2, 0.25) is 11.8 Å². The molecule has 0 fully saturated rings. The summed E-state index contributed by atoms with van der Waals surface area (Å²) in [4.78, 5) is 38.5. The Balaban J connectivity index is 2.17. The van der Waals surface area contributed by atoms with Gasteiger partial charge >= 0.3 is 5.97 Å². The van der Waals surface area contributed by atoms with Crippen molar-refractivity contribution in [1.29, 1.82) is 0 Å². The molecule has 0 atom stereocenters. The third kappa shape index (κ3) is 4.31. The molecule has 6 heteroatoms. The molecule has 0 radical (unpaired) electrons. The van der Waals surface area contributed by atoms with E-state index in [9.17, 15) is 14.4 Å². The van der Waals surface area contributed by atoms with Crippen LogP contribution >= 0.6 is 0 Å². The molecule has 0 aromatic heterocycles. The average Bonchev–Trinajstić information content (AvgIpc) is 2.48. The first kappa shape index (κ1) is 17.0. The van der Waals surface area contributed by atoms with Crippen molar-refractivity contribution >= 4 is 23.5 Å². The standard InChI is InChI=1S/C17H22N2O4/c1-12(2)9-18(11-17(22)23)16(21)10-19-14-6-4-3-5-13(14)7-8-15(19)20/h3-6,12H,7-11H2,1-2H3,(H,22,23). The Hall–Kier alpha value is -2.37. The lowest BCUT2D eigenvalue weighted by atomic mass is 10.0. The summed E-state index contributed by atoms with van der Waals surface area (Å²) >= 11 is 0. The molecule has 6 nitrogen and oxygen atoms in total. The van der Waals surface area contributed by atoms with Crippen molar-refractivity contribution in [2.75, 3.05) is 24.5 Å². The van der Waals surface area contributed by atoms with Crippen LogP contribution in [0.2, 0.25) is 0 Å². The molecule has 1 aliphatic heterocycles. The van der Waals surface area contributed by atoms with E-state index in [-0.39, 0.29) is 30.8 Å². The Morgan fingerprint density at radius 3 is 2.61 bits per heavy atom. The van der Waals surface area contributed by atoms with Crippen LogP contribution in [0.3, 0.4) is 0 Å². The first-order chi connectivity index (χ1) is 10.9. The number of benzene rings is 1. The predicted octanol–water partition coefficient (Wildman–Crippen LogP) is 1.53. The van der Waals surface area contributed by atoms with Gasteiger partial charge in [-0.1, -0.05) is 32.0 Å². The van der Waals surface area contributed by atoms with Gasteiger partial charge < -0.3 is 14.9 Å². The molecule has 1 aromatic carbocycles. The zero-order chi connectivity index (χ0) is 17.0. The van der Waals surface area contributed by atoms with E-state index in [4.69, 9.17) is 5.11 Å². The fourth-order valence-corrected chi connectivity index (χ4v) is 2.76.